The molecule has 4 nitrogen and oxygen atoms in total. The first-order valence-corrected chi connectivity index (χ1v) is 3.18. The third-order valence-electron chi connectivity index (χ3n) is 1.38. The first kappa shape index (κ1) is 16.2. The Morgan fingerprint density at radius 1 is 0.857 bits per heavy atom. The van der Waals surface area contributed by atoms with E-state index >= 15 is 0 Å². The Bertz CT molecular complexity index is 290. The number of aromatic carboxylic acids is 2. The SMILES string of the molecule is O=C(O)c1ccc(C(=O)O)cc1.[LiH].[NaH]. The van der Waals surface area contributed by atoms with E-state index in [1.807, 2.05) is 0 Å². The van der Waals surface area contributed by atoms with Gasteiger partial charge in [0.2, 0.25) is 0 Å². The molecule has 0 unspecified atom stereocenters. The van der Waals surface area contributed by atoms with Gasteiger partial charge in [-0.25, -0.2) is 9.59 Å². The number of benzene rings is 1. The predicted molar refractivity (Wildman–Crippen MR) is 54.7 cm³/mol. The van der Waals surface area contributed by atoms with Crippen LogP contribution in [-0.2, 0) is 0 Å². The van der Waals surface area contributed by atoms with E-state index in [2.05, 4.69) is 0 Å². The van der Waals surface area contributed by atoms with E-state index in [9.17, 15) is 9.59 Å². The summed E-state index contributed by atoms with van der Waals surface area (Å²) in [5.41, 5.74) is 0.167. The molecule has 0 radical (unpaired) electrons. The van der Waals surface area contributed by atoms with Crippen LogP contribution in [0, 0.1) is 0 Å². The van der Waals surface area contributed by atoms with Gasteiger partial charge in [-0.15, -0.1) is 0 Å². The Morgan fingerprint density at radius 3 is 1.21 bits per heavy atom. The Balaban J connectivity index is 0. The van der Waals surface area contributed by atoms with Gasteiger partial charge in [0.1, 0.15) is 0 Å². The minimum atomic E-state index is -1.06. The molecule has 1 aromatic carbocycles. The van der Waals surface area contributed by atoms with E-state index in [-0.39, 0.29) is 59.5 Å². The van der Waals surface area contributed by atoms with E-state index < -0.39 is 11.9 Å². The van der Waals surface area contributed by atoms with E-state index in [0.717, 1.165) is 0 Å². The first-order valence-electron chi connectivity index (χ1n) is 3.18. The Morgan fingerprint density at radius 2 is 1.07 bits per heavy atom. The fraction of sp³-hybridized carbons (Fsp3) is 0. The number of rotatable bonds is 2. The van der Waals surface area contributed by atoms with Crippen molar-refractivity contribution >= 4 is 60.4 Å². The van der Waals surface area contributed by atoms with Crippen LogP contribution in [0.5, 0.6) is 0 Å². The number of carbonyl (C=O) groups is 2. The minimum absolute atomic E-state index is 0. The second-order valence-corrected chi connectivity index (χ2v) is 2.19. The molecule has 0 aliphatic heterocycles. The van der Waals surface area contributed by atoms with Crippen molar-refractivity contribution in [2.45, 2.75) is 0 Å². The average molecular weight is 198 g/mol. The van der Waals surface area contributed by atoms with Crippen LogP contribution in [0.2, 0.25) is 0 Å². The van der Waals surface area contributed by atoms with Crippen LogP contribution in [0.3, 0.4) is 0 Å². The summed E-state index contributed by atoms with van der Waals surface area (Å²) in [6.07, 6.45) is 0. The number of carboxylic acid groups (broad SMARTS) is 2. The fourth-order valence-corrected chi connectivity index (χ4v) is 0.755. The number of hydrogen-bond donors (Lipinski definition) is 2. The topological polar surface area (TPSA) is 74.6 Å². The molecular weight excluding hydrogens is 190 g/mol. The summed E-state index contributed by atoms with van der Waals surface area (Å²) < 4.78 is 0. The standard InChI is InChI=1S/C8H6O4.Li.Na.2H/c9-7(10)5-1-2-6(4-3-5)8(11)12;;;;/h1-4H,(H,9,10)(H,11,12);;;;. The van der Waals surface area contributed by atoms with Crippen molar-refractivity contribution in [3.63, 3.8) is 0 Å². The number of hydrogen-bond acceptors (Lipinski definition) is 2. The fourth-order valence-electron chi connectivity index (χ4n) is 0.755. The molecule has 0 spiro atoms. The summed E-state index contributed by atoms with van der Waals surface area (Å²) >= 11 is 0. The molecule has 2 N–H and O–H groups in total. The van der Waals surface area contributed by atoms with Gasteiger partial charge >= 0.3 is 60.4 Å². The third kappa shape index (κ3) is 4.31. The Kier molecular flexibility index (Phi) is 8.22. The molecule has 1 rings (SSSR count). The van der Waals surface area contributed by atoms with Gasteiger partial charge in [-0.1, -0.05) is 0 Å². The molecular formula is C8H8LiNaO4. The monoisotopic (exact) mass is 198 g/mol. The van der Waals surface area contributed by atoms with Crippen molar-refractivity contribution in [1.82, 2.24) is 0 Å². The molecule has 0 atom stereocenters. The van der Waals surface area contributed by atoms with Gasteiger partial charge in [0.05, 0.1) is 11.1 Å². The van der Waals surface area contributed by atoms with Crippen LogP contribution in [0.1, 0.15) is 20.7 Å². The third-order valence-corrected chi connectivity index (χ3v) is 1.38. The maximum atomic E-state index is 10.3. The molecule has 0 fully saturated rings. The predicted octanol–water partition coefficient (Wildman–Crippen LogP) is -0.214. The van der Waals surface area contributed by atoms with Crippen LogP contribution in [0.4, 0.5) is 0 Å². The van der Waals surface area contributed by atoms with E-state index in [4.69, 9.17) is 10.2 Å². The summed E-state index contributed by atoms with van der Waals surface area (Å²) in [5.74, 6) is -2.13. The van der Waals surface area contributed by atoms with Crippen molar-refractivity contribution in [2.75, 3.05) is 0 Å². The van der Waals surface area contributed by atoms with Gasteiger partial charge in [-0.05, 0) is 24.3 Å². The van der Waals surface area contributed by atoms with Gasteiger partial charge in [-0.2, -0.15) is 0 Å². The maximum absolute atomic E-state index is 10.3. The Labute approximate surface area is 115 Å². The van der Waals surface area contributed by atoms with Gasteiger partial charge in [-0.3, -0.25) is 0 Å². The first-order chi connectivity index (χ1) is 5.61. The number of carboxylic acids is 2. The zero-order chi connectivity index (χ0) is 9.14. The molecule has 1 aromatic rings. The molecule has 0 aliphatic carbocycles. The summed E-state index contributed by atoms with van der Waals surface area (Å²) in [7, 11) is 0. The van der Waals surface area contributed by atoms with Crippen LogP contribution < -0.4 is 0 Å². The molecule has 0 saturated carbocycles. The molecule has 6 heteroatoms. The summed E-state index contributed by atoms with van der Waals surface area (Å²) in [6.45, 7) is 0. The zero-order valence-electron chi connectivity index (χ0n) is 6.02. The summed E-state index contributed by atoms with van der Waals surface area (Å²) in [6, 6.07) is 5.02. The van der Waals surface area contributed by atoms with Crippen LogP contribution in [-0.4, -0.2) is 70.6 Å². The van der Waals surface area contributed by atoms with Crippen molar-refractivity contribution in [3.05, 3.63) is 35.4 Å². The Hall–Kier alpha value is -0.243. The van der Waals surface area contributed by atoms with Crippen molar-refractivity contribution in [3.8, 4) is 0 Å². The molecule has 0 amide bonds. The second-order valence-electron chi connectivity index (χ2n) is 2.19. The zero-order valence-corrected chi connectivity index (χ0v) is 6.02. The molecule has 0 heterocycles. The van der Waals surface area contributed by atoms with Crippen molar-refractivity contribution in [1.29, 1.82) is 0 Å². The van der Waals surface area contributed by atoms with Crippen molar-refractivity contribution in [2.24, 2.45) is 0 Å². The molecule has 0 bridgehead atoms. The average Bonchev–Trinajstić information content (AvgIpc) is 2.04. The molecule has 14 heavy (non-hydrogen) atoms. The molecule has 0 aromatic heterocycles. The second kappa shape index (κ2) is 7.10. The van der Waals surface area contributed by atoms with Gasteiger partial charge in [0.25, 0.3) is 0 Å². The van der Waals surface area contributed by atoms with E-state index in [1.165, 1.54) is 24.3 Å². The van der Waals surface area contributed by atoms with Gasteiger partial charge in [0, 0.05) is 0 Å². The summed E-state index contributed by atoms with van der Waals surface area (Å²) in [5, 5.41) is 16.9. The summed E-state index contributed by atoms with van der Waals surface area (Å²) in [4.78, 5) is 20.7. The van der Waals surface area contributed by atoms with Crippen LogP contribution >= 0.6 is 0 Å². The quantitative estimate of drug-likeness (QED) is 0.644. The normalized spacial score (nSPS) is 8.00. The molecule has 0 aliphatic rings. The van der Waals surface area contributed by atoms with Crippen LogP contribution in [0.15, 0.2) is 24.3 Å². The van der Waals surface area contributed by atoms with Gasteiger partial charge < -0.3 is 10.2 Å². The van der Waals surface area contributed by atoms with Crippen molar-refractivity contribution < 1.29 is 19.8 Å². The molecule has 0 saturated heterocycles. The van der Waals surface area contributed by atoms with Gasteiger partial charge in [0.15, 0.2) is 0 Å². The van der Waals surface area contributed by atoms with E-state index in [1.54, 1.807) is 0 Å². The van der Waals surface area contributed by atoms with Crippen LogP contribution in [0.25, 0.3) is 0 Å². The van der Waals surface area contributed by atoms with E-state index in [0.29, 0.717) is 0 Å². The molecule has 66 valence electrons.